The Hall–Kier alpha value is -1.15. The normalized spacial score (nSPS) is 21.4. The summed E-state index contributed by atoms with van der Waals surface area (Å²) in [7, 11) is -1.51. The Labute approximate surface area is 113 Å². The Morgan fingerprint density at radius 3 is 2.74 bits per heavy atom. The standard InChI is InChI=1S/C12H19N3O3S/c1-15-6-7-18-11(9-15)8-14-19(16,17)12-4-2-10(13)3-5-12/h2-5,11,14H,6-9,13H2,1H3. The van der Waals surface area contributed by atoms with Crippen molar-refractivity contribution in [2.24, 2.45) is 0 Å². The molecule has 1 fully saturated rings. The van der Waals surface area contributed by atoms with Gasteiger partial charge in [0.2, 0.25) is 10.0 Å². The Morgan fingerprint density at radius 1 is 1.42 bits per heavy atom. The van der Waals surface area contributed by atoms with Gasteiger partial charge >= 0.3 is 0 Å². The minimum Gasteiger partial charge on any atom is -0.399 e. The number of benzene rings is 1. The Morgan fingerprint density at radius 2 is 2.11 bits per heavy atom. The molecular formula is C12H19N3O3S. The molecular weight excluding hydrogens is 266 g/mol. The minimum absolute atomic E-state index is 0.109. The average molecular weight is 285 g/mol. The number of nitrogens with one attached hydrogen (secondary N) is 1. The van der Waals surface area contributed by atoms with Gasteiger partial charge in [-0.1, -0.05) is 0 Å². The van der Waals surface area contributed by atoms with E-state index in [0.29, 0.717) is 12.3 Å². The molecule has 106 valence electrons. The van der Waals surface area contributed by atoms with E-state index < -0.39 is 10.0 Å². The van der Waals surface area contributed by atoms with Crippen LogP contribution >= 0.6 is 0 Å². The van der Waals surface area contributed by atoms with E-state index in [0.717, 1.165) is 13.1 Å². The predicted octanol–water partition coefficient (Wildman–Crippen LogP) is -0.122. The highest BCUT2D eigenvalue weighted by Crippen LogP contribution is 2.12. The van der Waals surface area contributed by atoms with E-state index in [-0.39, 0.29) is 17.5 Å². The highest BCUT2D eigenvalue weighted by atomic mass is 32.2. The van der Waals surface area contributed by atoms with E-state index in [9.17, 15) is 8.42 Å². The summed E-state index contributed by atoms with van der Waals surface area (Å²) < 4.78 is 32.2. The summed E-state index contributed by atoms with van der Waals surface area (Å²) in [5.41, 5.74) is 6.07. The molecule has 0 aromatic heterocycles. The number of sulfonamides is 1. The lowest BCUT2D eigenvalue weighted by Crippen LogP contribution is -2.45. The van der Waals surface area contributed by atoms with E-state index in [1.807, 2.05) is 7.05 Å². The first kappa shape index (κ1) is 14.3. The number of likely N-dealkylation sites (N-methyl/N-ethyl adjacent to an activating group) is 1. The molecule has 1 atom stereocenters. The van der Waals surface area contributed by atoms with Gasteiger partial charge in [-0.2, -0.15) is 0 Å². The zero-order valence-electron chi connectivity index (χ0n) is 10.9. The molecule has 1 aliphatic rings. The number of rotatable bonds is 4. The van der Waals surface area contributed by atoms with Gasteiger partial charge in [0.25, 0.3) is 0 Å². The number of ether oxygens (including phenoxy) is 1. The summed E-state index contributed by atoms with van der Waals surface area (Å²) >= 11 is 0. The Kier molecular flexibility index (Phi) is 4.41. The van der Waals surface area contributed by atoms with Crippen LogP contribution < -0.4 is 10.5 Å². The van der Waals surface area contributed by atoms with E-state index in [4.69, 9.17) is 10.5 Å². The fraction of sp³-hybridized carbons (Fsp3) is 0.500. The summed E-state index contributed by atoms with van der Waals surface area (Å²) in [6.45, 7) is 2.51. The monoisotopic (exact) mass is 285 g/mol. The third-order valence-electron chi connectivity index (χ3n) is 3.03. The molecule has 0 spiro atoms. The summed E-state index contributed by atoms with van der Waals surface area (Å²) in [5.74, 6) is 0. The summed E-state index contributed by atoms with van der Waals surface area (Å²) in [4.78, 5) is 2.33. The van der Waals surface area contributed by atoms with Crippen molar-refractivity contribution in [1.82, 2.24) is 9.62 Å². The quantitative estimate of drug-likeness (QED) is 0.753. The van der Waals surface area contributed by atoms with Crippen LogP contribution in [0.2, 0.25) is 0 Å². The molecule has 1 aromatic carbocycles. The summed E-state index contributed by atoms with van der Waals surface area (Å²) in [6.07, 6.45) is -0.109. The molecule has 1 aliphatic heterocycles. The topological polar surface area (TPSA) is 84.7 Å². The minimum atomic E-state index is -3.50. The van der Waals surface area contributed by atoms with Crippen LogP contribution in [0.25, 0.3) is 0 Å². The third-order valence-corrected chi connectivity index (χ3v) is 4.47. The maximum Gasteiger partial charge on any atom is 0.240 e. The Balaban J connectivity index is 1.96. The average Bonchev–Trinajstić information content (AvgIpc) is 2.37. The van der Waals surface area contributed by atoms with E-state index in [1.54, 1.807) is 12.1 Å². The van der Waals surface area contributed by atoms with Gasteiger partial charge in [0.1, 0.15) is 0 Å². The van der Waals surface area contributed by atoms with Gasteiger partial charge in [-0.25, -0.2) is 13.1 Å². The summed E-state index contributed by atoms with van der Waals surface area (Å²) in [5, 5.41) is 0. The van der Waals surface area contributed by atoms with Crippen molar-refractivity contribution >= 4 is 15.7 Å². The first-order chi connectivity index (χ1) is 8.97. The van der Waals surface area contributed by atoms with Gasteiger partial charge in [-0.05, 0) is 31.3 Å². The van der Waals surface area contributed by atoms with Crippen LogP contribution in [0, 0.1) is 0 Å². The van der Waals surface area contributed by atoms with Crippen molar-refractivity contribution in [2.45, 2.75) is 11.0 Å². The second-order valence-corrected chi connectivity index (χ2v) is 6.44. The molecule has 2 rings (SSSR count). The van der Waals surface area contributed by atoms with Crippen LogP contribution in [0.3, 0.4) is 0 Å². The maximum absolute atomic E-state index is 12.0. The van der Waals surface area contributed by atoms with Crippen molar-refractivity contribution < 1.29 is 13.2 Å². The predicted molar refractivity (Wildman–Crippen MR) is 73.3 cm³/mol. The molecule has 1 unspecified atom stereocenters. The Bertz CT molecular complexity index is 516. The van der Waals surface area contributed by atoms with Gasteiger partial charge in [-0.3, -0.25) is 0 Å². The number of hydrogen-bond acceptors (Lipinski definition) is 5. The number of anilines is 1. The molecule has 0 radical (unpaired) electrons. The highest BCUT2D eigenvalue weighted by Gasteiger charge is 2.21. The largest absolute Gasteiger partial charge is 0.399 e. The fourth-order valence-corrected chi connectivity index (χ4v) is 2.99. The molecule has 19 heavy (non-hydrogen) atoms. The van der Waals surface area contributed by atoms with Gasteiger partial charge in [0.15, 0.2) is 0 Å². The van der Waals surface area contributed by atoms with Crippen LogP contribution in [-0.2, 0) is 14.8 Å². The highest BCUT2D eigenvalue weighted by molar-refractivity contribution is 7.89. The fourth-order valence-electron chi connectivity index (χ4n) is 1.92. The first-order valence-corrected chi connectivity index (χ1v) is 7.61. The van der Waals surface area contributed by atoms with E-state index in [1.165, 1.54) is 12.1 Å². The zero-order chi connectivity index (χ0) is 13.9. The van der Waals surface area contributed by atoms with Crippen LogP contribution in [-0.4, -0.2) is 52.7 Å². The number of morpholine rings is 1. The second kappa shape index (κ2) is 5.87. The number of nitrogens with zero attached hydrogens (tertiary/aromatic N) is 1. The van der Waals surface area contributed by atoms with Crippen LogP contribution in [0.15, 0.2) is 29.2 Å². The van der Waals surface area contributed by atoms with E-state index >= 15 is 0 Å². The van der Waals surface area contributed by atoms with Gasteiger partial charge in [0.05, 0.1) is 17.6 Å². The van der Waals surface area contributed by atoms with Crippen molar-refractivity contribution in [3.63, 3.8) is 0 Å². The molecule has 0 bridgehead atoms. The maximum atomic E-state index is 12.0. The van der Waals surface area contributed by atoms with Gasteiger partial charge < -0.3 is 15.4 Å². The molecule has 0 saturated carbocycles. The van der Waals surface area contributed by atoms with Crippen molar-refractivity contribution in [3.8, 4) is 0 Å². The second-order valence-electron chi connectivity index (χ2n) is 4.68. The van der Waals surface area contributed by atoms with E-state index in [2.05, 4.69) is 9.62 Å². The molecule has 0 aliphatic carbocycles. The molecule has 1 aromatic rings. The van der Waals surface area contributed by atoms with Crippen LogP contribution in [0.5, 0.6) is 0 Å². The molecule has 6 nitrogen and oxygen atoms in total. The molecule has 7 heteroatoms. The molecule has 1 saturated heterocycles. The van der Waals surface area contributed by atoms with Crippen LogP contribution in [0.4, 0.5) is 5.69 Å². The SMILES string of the molecule is CN1CCOC(CNS(=O)(=O)c2ccc(N)cc2)C1. The van der Waals surface area contributed by atoms with Crippen molar-refractivity contribution in [1.29, 1.82) is 0 Å². The third kappa shape index (κ3) is 3.90. The van der Waals surface area contributed by atoms with Gasteiger partial charge in [0, 0.05) is 25.3 Å². The zero-order valence-corrected chi connectivity index (χ0v) is 11.7. The number of nitrogen functional groups attached to an aromatic ring is 1. The molecule has 3 N–H and O–H groups in total. The van der Waals surface area contributed by atoms with Gasteiger partial charge in [-0.15, -0.1) is 0 Å². The lowest BCUT2D eigenvalue weighted by molar-refractivity contribution is -0.0156. The number of hydrogen-bond donors (Lipinski definition) is 2. The first-order valence-electron chi connectivity index (χ1n) is 6.13. The number of nitrogens with two attached hydrogens (primary N) is 1. The lowest BCUT2D eigenvalue weighted by atomic mass is 10.3. The molecule has 0 amide bonds. The smallest absolute Gasteiger partial charge is 0.240 e. The summed E-state index contributed by atoms with van der Waals surface area (Å²) in [6, 6.07) is 6.12. The lowest BCUT2D eigenvalue weighted by Gasteiger charge is -2.30. The van der Waals surface area contributed by atoms with Crippen molar-refractivity contribution in [2.75, 3.05) is 39.0 Å². The molecule has 1 heterocycles. The van der Waals surface area contributed by atoms with Crippen molar-refractivity contribution in [3.05, 3.63) is 24.3 Å². The van der Waals surface area contributed by atoms with Crippen LogP contribution in [0.1, 0.15) is 0 Å².